The molecular weight excluding hydrogens is 380 g/mol. The highest BCUT2D eigenvalue weighted by Crippen LogP contribution is 2.27. The van der Waals surface area contributed by atoms with Crippen molar-refractivity contribution < 1.29 is 9.47 Å². The molecule has 2 N–H and O–H groups in total. The summed E-state index contributed by atoms with van der Waals surface area (Å²) < 4.78 is 12.2. The van der Waals surface area contributed by atoms with Crippen molar-refractivity contribution in [1.82, 2.24) is 19.7 Å². The summed E-state index contributed by atoms with van der Waals surface area (Å²) >= 11 is 0. The Bertz CT molecular complexity index is 1100. The Kier molecular flexibility index (Phi) is 6.05. The second-order valence-corrected chi connectivity index (χ2v) is 6.65. The van der Waals surface area contributed by atoms with E-state index in [1.165, 1.54) is 0 Å². The number of methoxy groups -OCH3 is 2. The molecule has 0 amide bonds. The van der Waals surface area contributed by atoms with Gasteiger partial charge in [0, 0.05) is 25.9 Å². The van der Waals surface area contributed by atoms with Crippen molar-refractivity contribution in [2.45, 2.75) is 6.42 Å². The smallest absolute Gasteiger partial charge is 0.226 e. The summed E-state index contributed by atoms with van der Waals surface area (Å²) in [7, 11) is 3.34. The zero-order valence-corrected chi connectivity index (χ0v) is 17.0. The second-order valence-electron chi connectivity index (χ2n) is 6.65. The molecule has 0 saturated heterocycles. The van der Waals surface area contributed by atoms with Crippen LogP contribution in [-0.4, -0.2) is 47.1 Å². The molecule has 0 atom stereocenters. The van der Waals surface area contributed by atoms with Crippen LogP contribution in [0.15, 0.2) is 60.8 Å². The number of anilines is 3. The number of nitrogens with zero attached hydrogens (tertiary/aromatic N) is 4. The fourth-order valence-electron chi connectivity index (χ4n) is 3.07. The van der Waals surface area contributed by atoms with Gasteiger partial charge >= 0.3 is 0 Å². The molecule has 8 heteroatoms. The Morgan fingerprint density at radius 1 is 0.967 bits per heavy atom. The highest BCUT2D eigenvalue weighted by molar-refractivity contribution is 5.90. The molecule has 0 aliphatic rings. The van der Waals surface area contributed by atoms with Crippen molar-refractivity contribution >= 4 is 28.5 Å². The number of benzene rings is 2. The van der Waals surface area contributed by atoms with Gasteiger partial charge in [0.25, 0.3) is 0 Å². The van der Waals surface area contributed by atoms with Gasteiger partial charge in [-0.05, 0) is 42.8 Å². The highest BCUT2D eigenvalue weighted by atomic mass is 16.5. The topological polar surface area (TPSA) is 86.1 Å². The van der Waals surface area contributed by atoms with Crippen LogP contribution in [0.3, 0.4) is 0 Å². The van der Waals surface area contributed by atoms with Crippen molar-refractivity contribution in [3.05, 3.63) is 60.8 Å². The molecule has 4 aromatic rings. The van der Waals surface area contributed by atoms with E-state index < -0.39 is 0 Å². The molecule has 0 aliphatic heterocycles. The van der Waals surface area contributed by atoms with E-state index in [9.17, 15) is 0 Å². The average molecular weight is 404 g/mol. The number of aromatic nitrogens is 4. The van der Waals surface area contributed by atoms with Crippen LogP contribution >= 0.6 is 0 Å². The number of hydrogen-bond donors (Lipinski definition) is 2. The summed E-state index contributed by atoms with van der Waals surface area (Å²) in [6.45, 7) is 1.38. The van der Waals surface area contributed by atoms with Gasteiger partial charge in [0.1, 0.15) is 11.6 Å². The molecule has 2 aromatic heterocycles. The predicted octanol–water partition coefficient (Wildman–Crippen LogP) is 4.02. The van der Waals surface area contributed by atoms with Gasteiger partial charge in [-0.25, -0.2) is 4.68 Å². The molecule has 0 saturated carbocycles. The summed E-state index contributed by atoms with van der Waals surface area (Å²) in [5.74, 6) is 2.01. The molecule has 30 heavy (non-hydrogen) atoms. The van der Waals surface area contributed by atoms with Crippen LogP contribution in [0.5, 0.6) is 5.75 Å². The summed E-state index contributed by atoms with van der Waals surface area (Å²) in [6, 6.07) is 17.6. The third-order valence-electron chi connectivity index (χ3n) is 4.59. The van der Waals surface area contributed by atoms with Gasteiger partial charge in [0.15, 0.2) is 5.65 Å². The summed E-state index contributed by atoms with van der Waals surface area (Å²) in [5.41, 5.74) is 2.56. The van der Waals surface area contributed by atoms with E-state index >= 15 is 0 Å². The maximum Gasteiger partial charge on any atom is 0.226 e. The predicted molar refractivity (Wildman–Crippen MR) is 118 cm³/mol. The van der Waals surface area contributed by atoms with Crippen LogP contribution in [-0.2, 0) is 4.74 Å². The molecule has 4 rings (SSSR count). The lowest BCUT2D eigenvalue weighted by atomic mass is 10.3. The fraction of sp³-hybridized carbons (Fsp3) is 0.227. The molecule has 0 bridgehead atoms. The average Bonchev–Trinajstić information content (AvgIpc) is 3.22. The van der Waals surface area contributed by atoms with Gasteiger partial charge in [-0.3, -0.25) is 0 Å². The number of ether oxygens (including phenoxy) is 2. The van der Waals surface area contributed by atoms with Gasteiger partial charge in [-0.15, -0.1) is 0 Å². The van der Waals surface area contributed by atoms with E-state index in [2.05, 4.69) is 20.7 Å². The number of para-hydroxylation sites is 1. The standard InChI is InChI=1S/C22H24N6O2/c1-29-14-6-13-23-22-26-20(25-16-9-11-18(30-2)12-10-16)19-15-24-28(21(19)27-22)17-7-4-3-5-8-17/h3-5,7-12,15H,6,13-14H2,1-2H3,(H2,23,25,26,27). The minimum atomic E-state index is 0.535. The minimum Gasteiger partial charge on any atom is -0.497 e. The van der Waals surface area contributed by atoms with Crippen molar-refractivity contribution in [3.63, 3.8) is 0 Å². The zero-order chi connectivity index (χ0) is 20.8. The van der Waals surface area contributed by atoms with Crippen LogP contribution in [0.4, 0.5) is 17.5 Å². The van der Waals surface area contributed by atoms with Crippen LogP contribution in [0.1, 0.15) is 6.42 Å². The van der Waals surface area contributed by atoms with Crippen LogP contribution in [0, 0.1) is 0 Å². The largest absolute Gasteiger partial charge is 0.497 e. The van der Waals surface area contributed by atoms with E-state index in [1.54, 1.807) is 20.4 Å². The molecule has 2 heterocycles. The van der Waals surface area contributed by atoms with E-state index in [4.69, 9.17) is 14.5 Å². The first-order valence-electron chi connectivity index (χ1n) is 9.73. The van der Waals surface area contributed by atoms with Gasteiger partial charge in [0.2, 0.25) is 5.95 Å². The Morgan fingerprint density at radius 3 is 2.50 bits per heavy atom. The number of rotatable bonds is 9. The van der Waals surface area contributed by atoms with E-state index in [0.717, 1.165) is 34.6 Å². The first kappa shape index (κ1) is 19.7. The lowest BCUT2D eigenvalue weighted by Gasteiger charge is -2.11. The first-order valence-corrected chi connectivity index (χ1v) is 9.73. The van der Waals surface area contributed by atoms with Crippen LogP contribution in [0.2, 0.25) is 0 Å². The van der Waals surface area contributed by atoms with Crippen molar-refractivity contribution in [2.24, 2.45) is 0 Å². The van der Waals surface area contributed by atoms with E-state index in [-0.39, 0.29) is 0 Å². The first-order chi connectivity index (χ1) is 14.8. The van der Waals surface area contributed by atoms with Gasteiger partial charge < -0.3 is 20.1 Å². The van der Waals surface area contributed by atoms with Gasteiger partial charge in [-0.2, -0.15) is 15.1 Å². The molecule has 154 valence electrons. The number of nitrogens with one attached hydrogen (secondary N) is 2. The van der Waals surface area contributed by atoms with E-state index in [1.807, 2.05) is 59.3 Å². The third-order valence-corrected chi connectivity index (χ3v) is 4.59. The third kappa shape index (κ3) is 4.33. The molecule has 2 aromatic carbocycles. The lowest BCUT2D eigenvalue weighted by Crippen LogP contribution is -2.10. The van der Waals surface area contributed by atoms with Crippen molar-refractivity contribution in [2.75, 3.05) is 38.0 Å². The lowest BCUT2D eigenvalue weighted by molar-refractivity contribution is 0.197. The molecule has 0 radical (unpaired) electrons. The fourth-order valence-corrected chi connectivity index (χ4v) is 3.07. The molecule has 0 spiro atoms. The Morgan fingerprint density at radius 2 is 1.77 bits per heavy atom. The van der Waals surface area contributed by atoms with Crippen LogP contribution in [0.25, 0.3) is 16.7 Å². The second kappa shape index (κ2) is 9.23. The van der Waals surface area contributed by atoms with Gasteiger partial charge in [-0.1, -0.05) is 18.2 Å². The molecule has 8 nitrogen and oxygen atoms in total. The molecule has 0 fully saturated rings. The van der Waals surface area contributed by atoms with Gasteiger partial charge in [0.05, 0.1) is 24.4 Å². The molecule has 0 unspecified atom stereocenters. The maximum absolute atomic E-state index is 5.24. The molecule has 0 aliphatic carbocycles. The van der Waals surface area contributed by atoms with Crippen molar-refractivity contribution in [3.8, 4) is 11.4 Å². The SMILES string of the molecule is COCCCNc1nc(Nc2ccc(OC)cc2)c2cnn(-c3ccccc3)c2n1. The van der Waals surface area contributed by atoms with E-state index in [0.29, 0.717) is 24.9 Å². The summed E-state index contributed by atoms with van der Waals surface area (Å²) in [6.07, 6.45) is 2.64. The monoisotopic (exact) mass is 404 g/mol. The highest BCUT2D eigenvalue weighted by Gasteiger charge is 2.14. The molecular formula is C22H24N6O2. The normalized spacial score (nSPS) is 10.9. The maximum atomic E-state index is 5.24. The zero-order valence-electron chi connectivity index (χ0n) is 17.0. The Labute approximate surface area is 174 Å². The number of fused-ring (bicyclic) bond motifs is 1. The Hall–Kier alpha value is -3.65. The Balaban J connectivity index is 1.71. The summed E-state index contributed by atoms with van der Waals surface area (Å²) in [5, 5.41) is 12.0. The quantitative estimate of drug-likeness (QED) is 0.408. The number of hydrogen-bond acceptors (Lipinski definition) is 7. The summed E-state index contributed by atoms with van der Waals surface area (Å²) in [4.78, 5) is 9.40. The van der Waals surface area contributed by atoms with Crippen molar-refractivity contribution in [1.29, 1.82) is 0 Å². The van der Waals surface area contributed by atoms with Crippen LogP contribution < -0.4 is 15.4 Å². The minimum absolute atomic E-state index is 0.535.